The molecule has 2 aliphatic heterocycles. The van der Waals surface area contributed by atoms with E-state index in [-0.39, 0.29) is 17.6 Å². The zero-order chi connectivity index (χ0) is 18.1. The molecule has 1 aromatic heterocycles. The van der Waals surface area contributed by atoms with Crippen molar-refractivity contribution in [1.82, 2.24) is 15.4 Å². The third-order valence-electron chi connectivity index (χ3n) is 5.68. The fraction of sp³-hybridized carbons (Fsp3) is 0.789. The average Bonchev–Trinajstić information content (AvgIpc) is 3.27. The highest BCUT2D eigenvalue weighted by Gasteiger charge is 2.43. The lowest BCUT2D eigenvalue weighted by atomic mass is 9.99. The van der Waals surface area contributed by atoms with Crippen LogP contribution in [0.4, 0.5) is 0 Å². The fourth-order valence-corrected chi connectivity index (χ4v) is 3.89. The van der Waals surface area contributed by atoms with Crippen LogP contribution >= 0.6 is 0 Å². The molecule has 7 nitrogen and oxygen atoms in total. The minimum absolute atomic E-state index is 0.0180. The molecule has 1 aliphatic carbocycles. The average molecular weight is 363 g/mol. The summed E-state index contributed by atoms with van der Waals surface area (Å²) in [5.41, 5.74) is 0.117. The van der Waals surface area contributed by atoms with Crippen molar-refractivity contribution in [2.75, 3.05) is 32.8 Å². The lowest BCUT2D eigenvalue weighted by Crippen LogP contribution is -2.47. The number of carbonyl (C=O) groups is 1. The molecule has 0 radical (unpaired) electrons. The van der Waals surface area contributed by atoms with Gasteiger partial charge in [-0.1, -0.05) is 5.16 Å². The van der Waals surface area contributed by atoms with Gasteiger partial charge < -0.3 is 19.3 Å². The second-order valence-electron chi connectivity index (χ2n) is 8.18. The van der Waals surface area contributed by atoms with E-state index in [2.05, 4.69) is 29.2 Å². The van der Waals surface area contributed by atoms with Crippen molar-refractivity contribution in [3.63, 3.8) is 0 Å². The van der Waals surface area contributed by atoms with Crippen LogP contribution < -0.4 is 5.32 Å². The molecule has 1 saturated carbocycles. The molecule has 3 aliphatic rings. The van der Waals surface area contributed by atoms with Crippen molar-refractivity contribution < 1.29 is 18.8 Å². The smallest absolute Gasteiger partial charge is 0.273 e. The molecule has 0 bridgehead atoms. The van der Waals surface area contributed by atoms with E-state index in [0.717, 1.165) is 51.1 Å². The van der Waals surface area contributed by atoms with E-state index in [1.54, 1.807) is 6.07 Å². The summed E-state index contributed by atoms with van der Waals surface area (Å²) in [6.07, 6.45) is 4.17. The fourth-order valence-electron chi connectivity index (χ4n) is 3.89. The van der Waals surface area contributed by atoms with Crippen LogP contribution in [0.1, 0.15) is 61.7 Å². The number of nitrogens with one attached hydrogen (secondary N) is 1. The molecular weight excluding hydrogens is 334 g/mol. The van der Waals surface area contributed by atoms with E-state index >= 15 is 0 Å². The Morgan fingerprint density at radius 2 is 2.27 bits per heavy atom. The Hall–Kier alpha value is -1.44. The van der Waals surface area contributed by atoms with Crippen molar-refractivity contribution in [2.24, 2.45) is 0 Å². The van der Waals surface area contributed by atoms with Crippen LogP contribution in [-0.2, 0) is 9.47 Å². The number of nitrogens with zero attached hydrogens (tertiary/aromatic N) is 2. The highest BCUT2D eigenvalue weighted by atomic mass is 16.6. The Balaban J connectivity index is 1.30. The minimum atomic E-state index is -0.247. The Morgan fingerprint density at radius 1 is 1.42 bits per heavy atom. The van der Waals surface area contributed by atoms with E-state index in [1.807, 2.05) is 0 Å². The lowest BCUT2D eigenvalue weighted by molar-refractivity contribution is -0.0861. The third kappa shape index (κ3) is 3.94. The molecule has 0 aromatic carbocycles. The topological polar surface area (TPSA) is 76.8 Å². The Morgan fingerprint density at radius 3 is 3.04 bits per heavy atom. The largest absolute Gasteiger partial charge is 0.377 e. The molecule has 3 fully saturated rings. The molecule has 26 heavy (non-hydrogen) atoms. The van der Waals surface area contributed by atoms with Crippen LogP contribution in [0.15, 0.2) is 10.6 Å². The van der Waals surface area contributed by atoms with Crippen LogP contribution in [0.25, 0.3) is 0 Å². The van der Waals surface area contributed by atoms with Crippen molar-refractivity contribution in [2.45, 2.75) is 63.2 Å². The van der Waals surface area contributed by atoms with Crippen LogP contribution in [-0.4, -0.2) is 66.6 Å². The Bertz CT molecular complexity index is 642. The van der Waals surface area contributed by atoms with Gasteiger partial charge in [-0.15, -0.1) is 0 Å². The Kier molecular flexibility index (Phi) is 5.03. The summed E-state index contributed by atoms with van der Waals surface area (Å²) in [7, 11) is 0. The summed E-state index contributed by atoms with van der Waals surface area (Å²) in [4.78, 5) is 14.7. The zero-order valence-corrected chi connectivity index (χ0v) is 15.7. The van der Waals surface area contributed by atoms with Gasteiger partial charge in [0.2, 0.25) is 0 Å². The van der Waals surface area contributed by atoms with Gasteiger partial charge in [-0.2, -0.15) is 0 Å². The van der Waals surface area contributed by atoms with Crippen molar-refractivity contribution in [3.8, 4) is 0 Å². The quantitative estimate of drug-likeness (QED) is 0.862. The molecule has 144 valence electrons. The first kappa shape index (κ1) is 17.9. The summed E-state index contributed by atoms with van der Waals surface area (Å²) in [5.74, 6) is 1.10. The first-order chi connectivity index (χ1) is 12.5. The number of aromatic nitrogens is 1. The van der Waals surface area contributed by atoms with Crippen molar-refractivity contribution >= 4 is 5.91 Å². The molecule has 0 unspecified atom stereocenters. The molecule has 4 rings (SSSR count). The van der Waals surface area contributed by atoms with E-state index < -0.39 is 0 Å². The SMILES string of the molecule is CC(C)N1CCOC[C@@]2(CC[C@H](CNC(=O)c3cc(C4CC4)on3)O2)C1. The molecule has 7 heteroatoms. The lowest BCUT2D eigenvalue weighted by Gasteiger charge is -2.34. The first-order valence-corrected chi connectivity index (χ1v) is 9.79. The third-order valence-corrected chi connectivity index (χ3v) is 5.68. The number of amides is 1. The van der Waals surface area contributed by atoms with Gasteiger partial charge in [0.25, 0.3) is 5.91 Å². The van der Waals surface area contributed by atoms with Gasteiger partial charge in [0.15, 0.2) is 5.69 Å². The van der Waals surface area contributed by atoms with Crippen LogP contribution in [0.2, 0.25) is 0 Å². The minimum Gasteiger partial charge on any atom is -0.377 e. The van der Waals surface area contributed by atoms with Gasteiger partial charge in [0.1, 0.15) is 11.4 Å². The predicted octanol–water partition coefficient (Wildman–Crippen LogP) is 1.94. The normalized spacial score (nSPS) is 30.0. The standard InChI is InChI=1S/C19H29N3O4/c1-13(2)22-7-8-24-12-19(11-22)6-5-15(25-19)10-20-18(23)16-9-17(26-21-16)14-3-4-14/h9,13-15H,3-8,10-12H2,1-2H3,(H,20,23)/t15-,19-/m1/s1. The molecule has 2 saturated heterocycles. The van der Waals surface area contributed by atoms with E-state index in [1.165, 1.54) is 0 Å². The number of rotatable bonds is 5. The molecular formula is C19H29N3O4. The number of hydrogen-bond acceptors (Lipinski definition) is 6. The maximum Gasteiger partial charge on any atom is 0.273 e. The molecule has 1 aromatic rings. The summed E-state index contributed by atoms with van der Waals surface area (Å²) in [6, 6.07) is 2.24. The summed E-state index contributed by atoms with van der Waals surface area (Å²) < 4.78 is 17.4. The maximum atomic E-state index is 12.3. The van der Waals surface area contributed by atoms with E-state index in [9.17, 15) is 4.79 Å². The van der Waals surface area contributed by atoms with Gasteiger partial charge in [-0.3, -0.25) is 9.69 Å². The predicted molar refractivity (Wildman–Crippen MR) is 95.2 cm³/mol. The maximum absolute atomic E-state index is 12.3. The summed E-state index contributed by atoms with van der Waals surface area (Å²) >= 11 is 0. The highest BCUT2D eigenvalue weighted by molar-refractivity contribution is 5.92. The van der Waals surface area contributed by atoms with Gasteiger partial charge >= 0.3 is 0 Å². The van der Waals surface area contributed by atoms with Crippen molar-refractivity contribution in [1.29, 1.82) is 0 Å². The number of carbonyl (C=O) groups excluding carboxylic acids is 1. The first-order valence-electron chi connectivity index (χ1n) is 9.79. The molecule has 1 spiro atoms. The second kappa shape index (κ2) is 7.29. The molecule has 3 heterocycles. The molecule has 1 amide bonds. The van der Waals surface area contributed by atoms with E-state index in [0.29, 0.717) is 30.8 Å². The monoisotopic (exact) mass is 363 g/mol. The van der Waals surface area contributed by atoms with Crippen LogP contribution in [0.3, 0.4) is 0 Å². The van der Waals surface area contributed by atoms with Gasteiger partial charge in [0.05, 0.1) is 19.3 Å². The highest BCUT2D eigenvalue weighted by Crippen LogP contribution is 2.40. The van der Waals surface area contributed by atoms with Crippen LogP contribution in [0, 0.1) is 0 Å². The molecule has 2 atom stereocenters. The van der Waals surface area contributed by atoms with Gasteiger partial charge in [-0.05, 0) is 39.5 Å². The summed E-state index contributed by atoms with van der Waals surface area (Å²) in [5, 5.41) is 6.84. The van der Waals surface area contributed by atoms with Gasteiger partial charge in [0, 0.05) is 37.7 Å². The van der Waals surface area contributed by atoms with Crippen molar-refractivity contribution in [3.05, 3.63) is 17.5 Å². The Labute approximate surface area is 154 Å². The molecule has 1 N–H and O–H groups in total. The zero-order valence-electron chi connectivity index (χ0n) is 15.7. The number of ether oxygens (including phenoxy) is 2. The number of hydrogen-bond donors (Lipinski definition) is 1. The van der Waals surface area contributed by atoms with Gasteiger partial charge in [-0.25, -0.2) is 0 Å². The van der Waals surface area contributed by atoms with E-state index in [4.69, 9.17) is 14.0 Å². The summed E-state index contributed by atoms with van der Waals surface area (Å²) in [6.45, 7) is 8.13. The van der Waals surface area contributed by atoms with Crippen LogP contribution in [0.5, 0.6) is 0 Å². The second-order valence-corrected chi connectivity index (χ2v) is 8.18.